The molecule has 1 aliphatic heterocycles. The molecule has 0 radical (unpaired) electrons. The third-order valence-electron chi connectivity index (χ3n) is 4.03. The van der Waals surface area contributed by atoms with Gasteiger partial charge < -0.3 is 4.74 Å². The molecule has 0 amide bonds. The van der Waals surface area contributed by atoms with Gasteiger partial charge in [0.05, 0.1) is 6.61 Å². The molecule has 0 spiro atoms. The second-order valence-corrected chi connectivity index (χ2v) is 5.76. The van der Waals surface area contributed by atoms with Gasteiger partial charge in [-0.1, -0.05) is 24.4 Å². The molecule has 3 rings (SSSR count). The van der Waals surface area contributed by atoms with Crippen LogP contribution in [-0.4, -0.2) is 23.2 Å². The fraction of sp³-hybridized carbons (Fsp3) is 0.714. The van der Waals surface area contributed by atoms with E-state index in [4.69, 9.17) is 21.3 Å². The van der Waals surface area contributed by atoms with E-state index in [1.807, 2.05) is 6.07 Å². The average molecular weight is 267 g/mol. The van der Waals surface area contributed by atoms with Gasteiger partial charge in [0, 0.05) is 24.1 Å². The van der Waals surface area contributed by atoms with Crippen LogP contribution in [0.1, 0.15) is 61.9 Å². The maximum absolute atomic E-state index is 6.16. The molecule has 1 aliphatic carbocycles. The predicted octanol–water partition coefficient (Wildman–Crippen LogP) is 3.68. The van der Waals surface area contributed by atoms with Crippen molar-refractivity contribution < 1.29 is 4.74 Å². The summed E-state index contributed by atoms with van der Waals surface area (Å²) < 4.78 is 5.52. The lowest BCUT2D eigenvalue weighted by Crippen LogP contribution is -2.18. The van der Waals surface area contributed by atoms with Crippen LogP contribution in [0, 0.1) is 0 Å². The van der Waals surface area contributed by atoms with Crippen molar-refractivity contribution in [1.29, 1.82) is 0 Å². The third kappa shape index (κ3) is 2.67. The molecule has 2 fully saturated rings. The molecule has 0 N–H and O–H groups in total. The highest BCUT2D eigenvalue weighted by molar-refractivity contribution is 6.29. The molecule has 0 bridgehead atoms. The molecule has 2 aliphatic rings. The molecule has 3 nitrogen and oxygen atoms in total. The molecule has 4 heteroatoms. The van der Waals surface area contributed by atoms with E-state index in [0.29, 0.717) is 17.0 Å². The maximum Gasteiger partial charge on any atom is 0.135 e. The van der Waals surface area contributed by atoms with Crippen molar-refractivity contribution in [2.75, 3.05) is 13.2 Å². The van der Waals surface area contributed by atoms with Crippen molar-refractivity contribution in [1.82, 2.24) is 9.97 Å². The summed E-state index contributed by atoms with van der Waals surface area (Å²) in [5, 5.41) is 0.590. The number of hydrogen-bond donors (Lipinski definition) is 0. The van der Waals surface area contributed by atoms with E-state index in [9.17, 15) is 0 Å². The Morgan fingerprint density at radius 2 is 1.83 bits per heavy atom. The van der Waals surface area contributed by atoms with Gasteiger partial charge in [-0.2, -0.15) is 0 Å². The highest BCUT2D eigenvalue weighted by Crippen LogP contribution is 2.34. The number of aromatic nitrogens is 2. The Morgan fingerprint density at radius 1 is 1.06 bits per heavy atom. The van der Waals surface area contributed by atoms with Gasteiger partial charge in [-0.15, -0.1) is 0 Å². The van der Waals surface area contributed by atoms with Gasteiger partial charge in [-0.05, 0) is 31.7 Å². The van der Waals surface area contributed by atoms with Gasteiger partial charge in [0.15, 0.2) is 0 Å². The van der Waals surface area contributed by atoms with Crippen LogP contribution in [0.15, 0.2) is 6.07 Å². The lowest BCUT2D eigenvalue weighted by Gasteiger charge is -2.21. The van der Waals surface area contributed by atoms with E-state index in [-0.39, 0.29) is 0 Å². The Balaban J connectivity index is 1.84. The zero-order valence-electron chi connectivity index (χ0n) is 10.6. The molecular formula is C14H19ClN2O. The van der Waals surface area contributed by atoms with E-state index in [1.165, 1.54) is 25.7 Å². The van der Waals surface area contributed by atoms with Gasteiger partial charge in [0.1, 0.15) is 11.0 Å². The van der Waals surface area contributed by atoms with Crippen LogP contribution in [0.2, 0.25) is 5.15 Å². The average Bonchev–Trinajstić information content (AvgIpc) is 2.93. The molecule has 1 atom stereocenters. The quantitative estimate of drug-likeness (QED) is 0.766. The van der Waals surface area contributed by atoms with Crippen molar-refractivity contribution in [3.8, 4) is 0 Å². The maximum atomic E-state index is 6.16. The van der Waals surface area contributed by atoms with Gasteiger partial charge in [0.2, 0.25) is 0 Å². The standard InChI is InChI=1S/C14H19ClN2O/c15-13-8-12(10-4-1-2-5-10)16-14(17-13)11-6-3-7-18-9-11/h8,10-11H,1-7,9H2. The number of halogens is 1. The summed E-state index contributed by atoms with van der Waals surface area (Å²) in [5.41, 5.74) is 1.15. The van der Waals surface area contributed by atoms with Gasteiger partial charge >= 0.3 is 0 Å². The molecule has 98 valence electrons. The number of nitrogens with zero attached hydrogens (tertiary/aromatic N) is 2. The lowest BCUT2D eigenvalue weighted by molar-refractivity contribution is 0.0779. The monoisotopic (exact) mass is 266 g/mol. The summed E-state index contributed by atoms with van der Waals surface area (Å²) in [4.78, 5) is 9.17. The Hall–Kier alpha value is -0.670. The summed E-state index contributed by atoms with van der Waals surface area (Å²) in [6.07, 6.45) is 7.33. The number of rotatable bonds is 2. The molecular weight excluding hydrogens is 248 g/mol. The Kier molecular flexibility index (Phi) is 3.80. The van der Waals surface area contributed by atoms with E-state index in [1.54, 1.807) is 0 Å². The van der Waals surface area contributed by atoms with Crippen LogP contribution >= 0.6 is 11.6 Å². The van der Waals surface area contributed by atoms with E-state index in [0.717, 1.165) is 37.6 Å². The summed E-state index contributed by atoms with van der Waals surface area (Å²) in [6.45, 7) is 1.61. The highest BCUT2D eigenvalue weighted by Gasteiger charge is 2.23. The minimum absolute atomic E-state index is 0.331. The van der Waals surface area contributed by atoms with Crippen molar-refractivity contribution >= 4 is 11.6 Å². The molecule has 1 aromatic heterocycles. The second-order valence-electron chi connectivity index (χ2n) is 5.37. The second kappa shape index (κ2) is 5.54. The largest absolute Gasteiger partial charge is 0.381 e. The minimum Gasteiger partial charge on any atom is -0.381 e. The molecule has 0 aromatic carbocycles. The van der Waals surface area contributed by atoms with Crippen LogP contribution in [0.5, 0.6) is 0 Å². The predicted molar refractivity (Wildman–Crippen MR) is 71.0 cm³/mol. The first-order valence-corrected chi connectivity index (χ1v) is 7.33. The molecule has 1 unspecified atom stereocenters. The van der Waals surface area contributed by atoms with Crippen LogP contribution in [0.4, 0.5) is 0 Å². The first kappa shape index (κ1) is 12.4. The van der Waals surface area contributed by atoms with Crippen LogP contribution < -0.4 is 0 Å². The van der Waals surface area contributed by atoms with Gasteiger partial charge in [-0.25, -0.2) is 9.97 Å². The van der Waals surface area contributed by atoms with E-state index in [2.05, 4.69) is 4.98 Å². The third-order valence-corrected chi connectivity index (χ3v) is 4.22. The van der Waals surface area contributed by atoms with Crippen LogP contribution in [0.3, 0.4) is 0 Å². The van der Waals surface area contributed by atoms with Crippen molar-refractivity contribution in [3.63, 3.8) is 0 Å². The lowest BCUT2D eigenvalue weighted by atomic mass is 10.00. The molecule has 1 aromatic rings. The Bertz CT molecular complexity index is 412. The van der Waals surface area contributed by atoms with Crippen molar-refractivity contribution in [2.45, 2.75) is 50.4 Å². The number of ether oxygens (including phenoxy) is 1. The van der Waals surface area contributed by atoms with Crippen molar-refractivity contribution in [3.05, 3.63) is 22.7 Å². The topological polar surface area (TPSA) is 35.0 Å². The summed E-state index contributed by atoms with van der Waals surface area (Å²) in [6, 6.07) is 1.95. The van der Waals surface area contributed by atoms with Crippen LogP contribution in [-0.2, 0) is 4.74 Å². The normalized spacial score (nSPS) is 25.5. The van der Waals surface area contributed by atoms with Gasteiger partial charge in [-0.3, -0.25) is 0 Å². The van der Waals surface area contributed by atoms with E-state index >= 15 is 0 Å². The van der Waals surface area contributed by atoms with Crippen LogP contribution in [0.25, 0.3) is 0 Å². The summed E-state index contributed by atoms with van der Waals surface area (Å²) in [7, 11) is 0. The fourth-order valence-corrected chi connectivity index (χ4v) is 3.21. The van der Waals surface area contributed by atoms with Crippen molar-refractivity contribution in [2.24, 2.45) is 0 Å². The molecule has 2 heterocycles. The summed E-state index contributed by atoms with van der Waals surface area (Å²) in [5.74, 6) is 1.82. The Morgan fingerprint density at radius 3 is 2.56 bits per heavy atom. The first-order valence-electron chi connectivity index (χ1n) is 6.95. The molecule has 18 heavy (non-hydrogen) atoms. The number of hydrogen-bond acceptors (Lipinski definition) is 3. The smallest absolute Gasteiger partial charge is 0.135 e. The zero-order valence-corrected chi connectivity index (χ0v) is 11.3. The molecule has 1 saturated carbocycles. The SMILES string of the molecule is Clc1cc(C2CCCC2)nc(C2CCCOC2)n1. The van der Waals surface area contributed by atoms with Gasteiger partial charge in [0.25, 0.3) is 0 Å². The summed E-state index contributed by atoms with van der Waals surface area (Å²) >= 11 is 6.16. The van der Waals surface area contributed by atoms with E-state index < -0.39 is 0 Å². The minimum atomic E-state index is 0.331. The fourth-order valence-electron chi connectivity index (χ4n) is 3.01. The zero-order chi connectivity index (χ0) is 12.4. The first-order chi connectivity index (χ1) is 8.83. The Labute approximate surface area is 113 Å². The molecule has 1 saturated heterocycles. The highest BCUT2D eigenvalue weighted by atomic mass is 35.5.